The van der Waals surface area contributed by atoms with Gasteiger partial charge in [0.25, 0.3) is 5.91 Å². The number of nitrogens with one attached hydrogen (secondary N) is 2. The lowest BCUT2D eigenvalue weighted by atomic mass is 10.3. The minimum absolute atomic E-state index is 0.0869. The second kappa shape index (κ2) is 6.67. The van der Waals surface area contributed by atoms with Gasteiger partial charge in [-0.3, -0.25) is 9.59 Å². The van der Waals surface area contributed by atoms with Gasteiger partial charge in [0.1, 0.15) is 0 Å². The van der Waals surface area contributed by atoms with Crippen LogP contribution in [0.5, 0.6) is 0 Å². The number of aromatic nitrogens is 2. The van der Waals surface area contributed by atoms with E-state index < -0.39 is 0 Å². The Kier molecular flexibility index (Phi) is 4.67. The summed E-state index contributed by atoms with van der Waals surface area (Å²) in [5.41, 5.74) is 1.10. The van der Waals surface area contributed by atoms with Crippen LogP contribution in [0.2, 0.25) is 0 Å². The third-order valence-corrected chi connectivity index (χ3v) is 2.64. The number of amides is 2. The van der Waals surface area contributed by atoms with Crippen LogP contribution in [0.25, 0.3) is 5.52 Å². The number of carbonyl (C=O) groups excluding carboxylic acids is 2. The van der Waals surface area contributed by atoms with Crippen molar-refractivity contribution in [2.45, 2.75) is 0 Å². The molecule has 2 aromatic heterocycles. The van der Waals surface area contributed by atoms with E-state index in [1.54, 1.807) is 23.9 Å². The summed E-state index contributed by atoms with van der Waals surface area (Å²) in [4.78, 5) is 23.3. The van der Waals surface area contributed by atoms with Gasteiger partial charge in [0.05, 0.1) is 18.7 Å². The molecule has 20 heavy (non-hydrogen) atoms. The number of rotatable bonds is 6. The van der Waals surface area contributed by atoms with Crippen molar-refractivity contribution in [3.8, 4) is 0 Å². The molecule has 2 rings (SSSR count). The van der Waals surface area contributed by atoms with Crippen molar-refractivity contribution < 1.29 is 14.3 Å². The van der Waals surface area contributed by atoms with Gasteiger partial charge in [0, 0.05) is 19.9 Å². The van der Waals surface area contributed by atoms with Gasteiger partial charge >= 0.3 is 0 Å². The Labute approximate surface area is 115 Å². The van der Waals surface area contributed by atoms with Crippen LogP contribution in [0, 0.1) is 0 Å². The summed E-state index contributed by atoms with van der Waals surface area (Å²) < 4.78 is 6.41. The van der Waals surface area contributed by atoms with Gasteiger partial charge in [-0.2, -0.15) is 5.10 Å². The lowest BCUT2D eigenvalue weighted by molar-refractivity contribution is -0.120. The molecule has 2 heterocycles. The number of nitrogens with zero attached hydrogens (tertiary/aromatic N) is 2. The fourth-order valence-corrected chi connectivity index (χ4v) is 1.66. The predicted molar refractivity (Wildman–Crippen MR) is 72.4 cm³/mol. The standard InChI is InChI=1S/C13H16N4O3/c1-20-7-5-14-12(18)9-15-13(19)11-8-10-4-2-3-6-17(10)16-11/h2-4,6,8H,5,7,9H2,1H3,(H,14,18)(H,15,19). The lowest BCUT2D eigenvalue weighted by Crippen LogP contribution is -2.38. The third kappa shape index (κ3) is 3.55. The molecule has 2 aromatic rings. The Bertz CT molecular complexity index is 575. The zero-order valence-electron chi connectivity index (χ0n) is 11.1. The Morgan fingerprint density at radius 2 is 2.20 bits per heavy atom. The van der Waals surface area contributed by atoms with Crippen LogP contribution in [0.4, 0.5) is 0 Å². The molecule has 0 bridgehead atoms. The topological polar surface area (TPSA) is 84.7 Å². The zero-order chi connectivity index (χ0) is 14.4. The van der Waals surface area contributed by atoms with Crippen LogP contribution >= 0.6 is 0 Å². The molecule has 0 aliphatic carbocycles. The van der Waals surface area contributed by atoms with Gasteiger partial charge in [0.15, 0.2) is 5.69 Å². The first-order valence-corrected chi connectivity index (χ1v) is 6.19. The van der Waals surface area contributed by atoms with Crippen molar-refractivity contribution in [2.24, 2.45) is 0 Å². The van der Waals surface area contributed by atoms with Crippen LogP contribution in [0.3, 0.4) is 0 Å². The molecule has 0 atom stereocenters. The third-order valence-electron chi connectivity index (χ3n) is 2.64. The molecule has 0 fully saturated rings. The highest BCUT2D eigenvalue weighted by Gasteiger charge is 2.11. The van der Waals surface area contributed by atoms with E-state index in [0.29, 0.717) is 13.2 Å². The molecule has 0 aromatic carbocycles. The van der Waals surface area contributed by atoms with Gasteiger partial charge in [-0.25, -0.2) is 4.52 Å². The van der Waals surface area contributed by atoms with E-state index in [-0.39, 0.29) is 24.1 Å². The SMILES string of the molecule is COCCNC(=O)CNC(=O)c1cc2ccccn2n1. The smallest absolute Gasteiger partial charge is 0.272 e. The molecule has 0 aliphatic rings. The van der Waals surface area contributed by atoms with Crippen LogP contribution in [-0.2, 0) is 9.53 Å². The van der Waals surface area contributed by atoms with E-state index in [9.17, 15) is 9.59 Å². The van der Waals surface area contributed by atoms with Crippen molar-refractivity contribution in [1.82, 2.24) is 20.2 Å². The second-order valence-corrected chi connectivity index (χ2v) is 4.13. The monoisotopic (exact) mass is 276 g/mol. The maximum absolute atomic E-state index is 11.9. The van der Waals surface area contributed by atoms with Gasteiger partial charge in [-0.1, -0.05) is 6.07 Å². The van der Waals surface area contributed by atoms with E-state index in [1.165, 1.54) is 0 Å². The molecular weight excluding hydrogens is 260 g/mol. The predicted octanol–water partition coefficient (Wildman–Crippen LogP) is -0.173. The highest BCUT2D eigenvalue weighted by molar-refractivity contribution is 5.95. The minimum atomic E-state index is -0.379. The molecule has 106 valence electrons. The highest BCUT2D eigenvalue weighted by Crippen LogP contribution is 2.05. The Hall–Kier alpha value is -2.41. The lowest BCUT2D eigenvalue weighted by Gasteiger charge is -2.05. The van der Waals surface area contributed by atoms with Crippen molar-refractivity contribution >= 4 is 17.3 Å². The number of carbonyl (C=O) groups is 2. The molecule has 0 radical (unpaired) electrons. The zero-order valence-corrected chi connectivity index (χ0v) is 11.1. The Morgan fingerprint density at radius 1 is 1.35 bits per heavy atom. The summed E-state index contributed by atoms with van der Waals surface area (Å²) in [5.74, 6) is -0.644. The van der Waals surface area contributed by atoms with Crippen LogP contribution < -0.4 is 10.6 Å². The molecule has 2 N–H and O–H groups in total. The molecule has 0 saturated carbocycles. The van der Waals surface area contributed by atoms with Crippen molar-refractivity contribution in [3.63, 3.8) is 0 Å². The summed E-state index contributed by atoms with van der Waals surface area (Å²) in [6.07, 6.45) is 1.75. The average Bonchev–Trinajstić information content (AvgIpc) is 2.89. The molecule has 7 heteroatoms. The largest absolute Gasteiger partial charge is 0.383 e. The number of ether oxygens (including phenoxy) is 1. The summed E-state index contributed by atoms with van der Waals surface area (Å²) in [6.45, 7) is 0.766. The van der Waals surface area contributed by atoms with Crippen LogP contribution in [0.1, 0.15) is 10.5 Å². The van der Waals surface area contributed by atoms with E-state index in [2.05, 4.69) is 15.7 Å². The molecule has 0 unspecified atom stereocenters. The quantitative estimate of drug-likeness (QED) is 0.717. The van der Waals surface area contributed by atoms with Crippen molar-refractivity contribution in [3.05, 3.63) is 36.2 Å². The maximum atomic E-state index is 11.9. The number of pyridine rings is 1. The van der Waals surface area contributed by atoms with E-state index in [4.69, 9.17) is 4.74 Å². The normalized spacial score (nSPS) is 10.4. The highest BCUT2D eigenvalue weighted by atomic mass is 16.5. The summed E-state index contributed by atoms with van der Waals surface area (Å²) >= 11 is 0. The van der Waals surface area contributed by atoms with E-state index >= 15 is 0 Å². The maximum Gasteiger partial charge on any atom is 0.272 e. The average molecular weight is 276 g/mol. The number of hydrogen-bond acceptors (Lipinski definition) is 4. The fourth-order valence-electron chi connectivity index (χ4n) is 1.66. The van der Waals surface area contributed by atoms with Crippen LogP contribution in [-0.4, -0.2) is 48.2 Å². The second-order valence-electron chi connectivity index (χ2n) is 4.13. The number of fused-ring (bicyclic) bond motifs is 1. The number of hydrogen-bond donors (Lipinski definition) is 2. The fraction of sp³-hybridized carbons (Fsp3) is 0.308. The van der Waals surface area contributed by atoms with Crippen LogP contribution in [0.15, 0.2) is 30.5 Å². The Balaban J connectivity index is 1.87. The Morgan fingerprint density at radius 3 is 2.95 bits per heavy atom. The van der Waals surface area contributed by atoms with Crippen molar-refractivity contribution in [2.75, 3.05) is 26.8 Å². The molecule has 2 amide bonds. The van der Waals surface area contributed by atoms with Gasteiger partial charge in [-0.05, 0) is 18.2 Å². The molecule has 0 saturated heterocycles. The summed E-state index contributed by atoms with van der Waals surface area (Å²) in [7, 11) is 1.55. The van der Waals surface area contributed by atoms with Crippen molar-refractivity contribution in [1.29, 1.82) is 0 Å². The van der Waals surface area contributed by atoms with E-state index in [0.717, 1.165) is 5.52 Å². The molecule has 0 aliphatic heterocycles. The summed E-state index contributed by atoms with van der Waals surface area (Å²) in [5, 5.41) is 9.25. The van der Waals surface area contributed by atoms with Gasteiger partial charge < -0.3 is 15.4 Å². The molecule has 7 nitrogen and oxygen atoms in total. The first kappa shape index (κ1) is 14.0. The first-order valence-electron chi connectivity index (χ1n) is 6.19. The van der Waals surface area contributed by atoms with Gasteiger partial charge in [0.2, 0.25) is 5.91 Å². The minimum Gasteiger partial charge on any atom is -0.383 e. The molecular formula is C13H16N4O3. The molecule has 0 spiro atoms. The van der Waals surface area contributed by atoms with Gasteiger partial charge in [-0.15, -0.1) is 0 Å². The number of methoxy groups -OCH3 is 1. The van der Waals surface area contributed by atoms with E-state index in [1.807, 2.05) is 18.2 Å². The summed E-state index contributed by atoms with van der Waals surface area (Å²) in [6, 6.07) is 7.20. The first-order chi connectivity index (χ1) is 9.70.